The SMILES string of the molecule is CC(C)(C)[S+]([O-])N[C@H]1CC[C@H](C(=O)O)CC1. The van der Waals surface area contributed by atoms with Crippen molar-refractivity contribution >= 4 is 17.3 Å². The van der Waals surface area contributed by atoms with E-state index in [0.29, 0.717) is 12.8 Å². The smallest absolute Gasteiger partial charge is 0.306 e. The summed E-state index contributed by atoms with van der Waals surface area (Å²) in [7, 11) is 0. The topological polar surface area (TPSA) is 72.4 Å². The lowest BCUT2D eigenvalue weighted by molar-refractivity contribution is -0.142. The number of rotatable bonds is 3. The van der Waals surface area contributed by atoms with Gasteiger partial charge >= 0.3 is 5.97 Å². The van der Waals surface area contributed by atoms with Gasteiger partial charge in [-0.25, -0.2) is 0 Å². The van der Waals surface area contributed by atoms with Crippen LogP contribution in [0.5, 0.6) is 0 Å². The molecule has 1 aliphatic rings. The van der Waals surface area contributed by atoms with E-state index in [1.807, 2.05) is 20.8 Å². The average molecular weight is 247 g/mol. The van der Waals surface area contributed by atoms with Gasteiger partial charge in [0.25, 0.3) is 0 Å². The molecule has 0 saturated heterocycles. The lowest BCUT2D eigenvalue weighted by Crippen LogP contribution is -2.46. The maximum atomic E-state index is 11.8. The molecular formula is C11H21NO3S. The molecule has 0 radical (unpaired) electrons. The van der Waals surface area contributed by atoms with E-state index in [9.17, 15) is 9.35 Å². The minimum atomic E-state index is -1.05. The van der Waals surface area contributed by atoms with Gasteiger partial charge < -0.3 is 9.66 Å². The Bertz CT molecular complexity index is 244. The predicted octanol–water partition coefficient (Wildman–Crippen LogP) is 1.68. The number of carbonyl (C=O) groups is 1. The Balaban J connectivity index is 2.35. The highest BCUT2D eigenvalue weighted by atomic mass is 32.2. The Labute approximate surface area is 100 Å². The lowest BCUT2D eigenvalue weighted by Gasteiger charge is -2.31. The molecule has 0 aromatic heterocycles. The fourth-order valence-corrected chi connectivity index (χ4v) is 2.68. The second-order valence-electron chi connectivity index (χ2n) is 5.39. The van der Waals surface area contributed by atoms with Gasteiger partial charge in [-0.05, 0) is 46.5 Å². The number of hydrogen-bond acceptors (Lipinski definition) is 3. The third-order valence-electron chi connectivity index (χ3n) is 2.91. The predicted molar refractivity (Wildman–Crippen MR) is 64.4 cm³/mol. The Morgan fingerprint density at radius 3 is 2.19 bits per heavy atom. The molecule has 0 aromatic rings. The standard InChI is InChI=1S/C11H21NO3S/c1-11(2,3)16(15)12-9-6-4-8(5-7-9)10(13)14/h8-9,12H,4-7H2,1-3H3,(H,13,14)/t8-,9-,16?. The van der Waals surface area contributed by atoms with Crippen LogP contribution in [-0.2, 0) is 16.2 Å². The van der Waals surface area contributed by atoms with Crippen molar-refractivity contribution in [3.8, 4) is 0 Å². The Kier molecular flexibility index (Phi) is 4.64. The average Bonchev–Trinajstić information content (AvgIpc) is 2.17. The van der Waals surface area contributed by atoms with Crippen LogP contribution < -0.4 is 4.72 Å². The zero-order valence-corrected chi connectivity index (χ0v) is 11.0. The fourth-order valence-electron chi connectivity index (χ4n) is 1.79. The first-order valence-corrected chi connectivity index (χ1v) is 6.86. The molecule has 1 unspecified atom stereocenters. The number of carboxylic acids is 1. The van der Waals surface area contributed by atoms with Crippen LogP contribution in [0.2, 0.25) is 0 Å². The molecule has 0 amide bonds. The van der Waals surface area contributed by atoms with Crippen LogP contribution in [0.4, 0.5) is 0 Å². The van der Waals surface area contributed by atoms with Crippen LogP contribution in [0, 0.1) is 5.92 Å². The van der Waals surface area contributed by atoms with Crippen LogP contribution in [-0.4, -0.2) is 26.4 Å². The molecule has 94 valence electrons. The molecule has 5 heteroatoms. The van der Waals surface area contributed by atoms with Gasteiger partial charge in [-0.3, -0.25) is 4.79 Å². The van der Waals surface area contributed by atoms with Gasteiger partial charge in [0.2, 0.25) is 0 Å². The normalized spacial score (nSPS) is 28.8. The zero-order valence-electron chi connectivity index (χ0n) is 10.2. The third-order valence-corrected chi connectivity index (χ3v) is 4.57. The van der Waals surface area contributed by atoms with Crippen molar-refractivity contribution in [1.82, 2.24) is 4.72 Å². The number of aliphatic carboxylic acids is 1. The van der Waals surface area contributed by atoms with Crippen LogP contribution in [0.3, 0.4) is 0 Å². The molecule has 16 heavy (non-hydrogen) atoms. The van der Waals surface area contributed by atoms with Crippen molar-refractivity contribution in [3.63, 3.8) is 0 Å². The summed E-state index contributed by atoms with van der Waals surface area (Å²) in [4.78, 5) is 10.8. The van der Waals surface area contributed by atoms with Gasteiger partial charge in [0, 0.05) is 11.4 Å². The first-order chi connectivity index (χ1) is 7.30. The van der Waals surface area contributed by atoms with Gasteiger partial charge in [0.1, 0.15) is 4.75 Å². The molecule has 1 rings (SSSR count). The van der Waals surface area contributed by atoms with Crippen molar-refractivity contribution in [2.24, 2.45) is 5.92 Å². The summed E-state index contributed by atoms with van der Waals surface area (Å²) < 4.78 is 14.7. The second-order valence-corrected chi connectivity index (χ2v) is 7.38. The van der Waals surface area contributed by atoms with Crippen molar-refractivity contribution in [1.29, 1.82) is 0 Å². The van der Waals surface area contributed by atoms with Gasteiger partial charge in [-0.2, -0.15) is 0 Å². The highest BCUT2D eigenvalue weighted by molar-refractivity contribution is 7.90. The molecule has 0 spiro atoms. The monoisotopic (exact) mass is 247 g/mol. The summed E-state index contributed by atoms with van der Waals surface area (Å²) in [6, 6.07) is 0.204. The fraction of sp³-hybridized carbons (Fsp3) is 0.909. The lowest BCUT2D eigenvalue weighted by atomic mass is 9.87. The molecule has 4 nitrogen and oxygen atoms in total. The zero-order chi connectivity index (χ0) is 12.3. The number of nitrogens with one attached hydrogen (secondary N) is 1. The van der Waals surface area contributed by atoms with E-state index in [2.05, 4.69) is 4.72 Å². The molecule has 0 bridgehead atoms. The molecule has 0 aromatic carbocycles. The quantitative estimate of drug-likeness (QED) is 0.744. The van der Waals surface area contributed by atoms with Crippen molar-refractivity contribution < 1.29 is 14.5 Å². The molecule has 1 fully saturated rings. The van der Waals surface area contributed by atoms with E-state index in [0.717, 1.165) is 12.8 Å². The van der Waals surface area contributed by atoms with Crippen molar-refractivity contribution in [2.45, 2.75) is 57.2 Å². The van der Waals surface area contributed by atoms with Crippen LogP contribution >= 0.6 is 0 Å². The van der Waals surface area contributed by atoms with Crippen molar-refractivity contribution in [3.05, 3.63) is 0 Å². The van der Waals surface area contributed by atoms with Gasteiger partial charge in [-0.15, -0.1) is 4.72 Å². The molecule has 0 aliphatic heterocycles. The second kappa shape index (κ2) is 5.38. The van der Waals surface area contributed by atoms with E-state index in [1.54, 1.807) is 0 Å². The molecule has 1 atom stereocenters. The number of hydrogen-bond donors (Lipinski definition) is 2. The summed E-state index contributed by atoms with van der Waals surface area (Å²) in [5, 5.41) is 8.86. The van der Waals surface area contributed by atoms with E-state index in [1.165, 1.54) is 0 Å². The van der Waals surface area contributed by atoms with Crippen LogP contribution in [0.1, 0.15) is 46.5 Å². The summed E-state index contributed by atoms with van der Waals surface area (Å²) in [6.07, 6.45) is 2.99. The van der Waals surface area contributed by atoms with Gasteiger partial charge in [-0.1, -0.05) is 0 Å². The molecule has 1 aliphatic carbocycles. The minimum Gasteiger partial charge on any atom is -0.598 e. The molecule has 2 N–H and O–H groups in total. The van der Waals surface area contributed by atoms with E-state index >= 15 is 0 Å². The molecule has 1 saturated carbocycles. The largest absolute Gasteiger partial charge is 0.598 e. The maximum absolute atomic E-state index is 11.8. The van der Waals surface area contributed by atoms with Crippen molar-refractivity contribution in [2.75, 3.05) is 0 Å². The van der Waals surface area contributed by atoms with Crippen LogP contribution in [0.25, 0.3) is 0 Å². The van der Waals surface area contributed by atoms with E-state index < -0.39 is 17.3 Å². The first kappa shape index (κ1) is 13.8. The molecule has 0 heterocycles. The summed E-state index contributed by atoms with van der Waals surface area (Å²) in [6.45, 7) is 5.79. The van der Waals surface area contributed by atoms with Gasteiger partial charge in [0.05, 0.1) is 12.0 Å². The van der Waals surface area contributed by atoms with Crippen LogP contribution in [0.15, 0.2) is 0 Å². The number of carboxylic acid groups (broad SMARTS) is 1. The minimum absolute atomic E-state index is 0.204. The highest BCUT2D eigenvalue weighted by Gasteiger charge is 2.32. The highest BCUT2D eigenvalue weighted by Crippen LogP contribution is 2.26. The Hall–Kier alpha value is -0.260. The summed E-state index contributed by atoms with van der Waals surface area (Å²) >= 11 is -1.05. The van der Waals surface area contributed by atoms with E-state index in [-0.39, 0.29) is 16.7 Å². The Morgan fingerprint density at radius 1 is 1.31 bits per heavy atom. The summed E-state index contributed by atoms with van der Waals surface area (Å²) in [5.41, 5.74) is 0. The van der Waals surface area contributed by atoms with Gasteiger partial charge in [0.15, 0.2) is 0 Å². The summed E-state index contributed by atoms with van der Waals surface area (Å²) in [5.74, 6) is -0.906. The first-order valence-electron chi connectivity index (χ1n) is 5.71. The maximum Gasteiger partial charge on any atom is 0.306 e. The molecular weight excluding hydrogens is 226 g/mol. The van der Waals surface area contributed by atoms with E-state index in [4.69, 9.17) is 5.11 Å². The Morgan fingerprint density at radius 2 is 1.81 bits per heavy atom. The third kappa shape index (κ3) is 3.96.